The van der Waals surface area contributed by atoms with E-state index >= 15 is 0 Å². The zero-order chi connectivity index (χ0) is 22.3. The van der Waals surface area contributed by atoms with Gasteiger partial charge in [0.2, 0.25) is 0 Å². The van der Waals surface area contributed by atoms with E-state index in [1.165, 1.54) is 29.7 Å². The van der Waals surface area contributed by atoms with Crippen LogP contribution in [0, 0.1) is 6.92 Å². The molecule has 3 aromatic rings. The number of nitrogens with one attached hydrogen (secondary N) is 1. The van der Waals surface area contributed by atoms with Crippen LogP contribution in [0.15, 0.2) is 83.4 Å². The van der Waals surface area contributed by atoms with Gasteiger partial charge in [0.15, 0.2) is 0 Å². The van der Waals surface area contributed by atoms with Gasteiger partial charge in [0.1, 0.15) is 0 Å². The quantitative estimate of drug-likeness (QED) is 0.492. The van der Waals surface area contributed by atoms with Crippen molar-refractivity contribution in [3.63, 3.8) is 0 Å². The number of nitrogens with zero attached hydrogens (tertiary/aromatic N) is 2. The summed E-state index contributed by atoms with van der Waals surface area (Å²) in [6, 6.07) is 18.2. The van der Waals surface area contributed by atoms with Gasteiger partial charge in [-0.05, 0) is 67.6 Å². The standard InChI is InChI=1S/C27H29N3OS/c1-20-17-23(27(31)29-19-22-9-8-14-28-18-22)12-13-25(20)32-26-11-5-4-10-24(26)21(2)30-15-6-3-7-16-30/h4-5,8-14,17-18H,2-3,6-7,15-16,19H2,1H3,(H,29,31). The summed E-state index contributed by atoms with van der Waals surface area (Å²) in [5.74, 6) is -0.0765. The highest BCUT2D eigenvalue weighted by Gasteiger charge is 2.17. The number of hydrogen-bond donors (Lipinski definition) is 1. The second-order valence-corrected chi connectivity index (χ2v) is 9.20. The number of benzene rings is 2. The summed E-state index contributed by atoms with van der Waals surface area (Å²) in [5, 5.41) is 2.97. The fourth-order valence-electron chi connectivity index (χ4n) is 3.94. The number of carbonyl (C=O) groups excluding carboxylic acids is 1. The SMILES string of the molecule is C=C(c1ccccc1Sc1ccc(C(=O)NCc2cccnc2)cc1C)N1CCCCC1. The summed E-state index contributed by atoms with van der Waals surface area (Å²) in [6.07, 6.45) is 7.27. The second-order valence-electron chi connectivity index (χ2n) is 8.12. The van der Waals surface area contributed by atoms with E-state index in [-0.39, 0.29) is 5.91 Å². The van der Waals surface area contributed by atoms with Crippen LogP contribution in [0.3, 0.4) is 0 Å². The van der Waals surface area contributed by atoms with E-state index in [2.05, 4.69) is 53.0 Å². The van der Waals surface area contributed by atoms with Gasteiger partial charge in [0.05, 0.1) is 0 Å². The molecule has 0 saturated carbocycles. The Morgan fingerprint density at radius 3 is 2.62 bits per heavy atom. The van der Waals surface area contributed by atoms with Gasteiger partial charge in [-0.1, -0.05) is 42.6 Å². The largest absolute Gasteiger partial charge is 0.371 e. The van der Waals surface area contributed by atoms with Gasteiger partial charge in [0.25, 0.3) is 5.91 Å². The van der Waals surface area contributed by atoms with Crippen molar-refractivity contribution in [3.05, 3.63) is 95.8 Å². The van der Waals surface area contributed by atoms with Crippen molar-refractivity contribution in [1.29, 1.82) is 0 Å². The number of piperidine rings is 1. The van der Waals surface area contributed by atoms with Crippen molar-refractivity contribution in [3.8, 4) is 0 Å². The molecule has 0 unspecified atom stereocenters. The zero-order valence-corrected chi connectivity index (χ0v) is 19.3. The third-order valence-electron chi connectivity index (χ3n) is 5.77. The molecule has 164 valence electrons. The van der Waals surface area contributed by atoms with E-state index in [4.69, 9.17) is 0 Å². The molecule has 5 heteroatoms. The molecule has 0 atom stereocenters. The summed E-state index contributed by atoms with van der Waals surface area (Å²) in [6.45, 7) is 9.10. The molecule has 4 nitrogen and oxygen atoms in total. The molecule has 1 amide bonds. The van der Waals surface area contributed by atoms with Crippen molar-refractivity contribution >= 4 is 23.4 Å². The topological polar surface area (TPSA) is 45.2 Å². The van der Waals surface area contributed by atoms with Crippen LogP contribution >= 0.6 is 11.8 Å². The second kappa shape index (κ2) is 10.5. The number of likely N-dealkylation sites (tertiary alicyclic amines) is 1. The van der Waals surface area contributed by atoms with Crippen LogP contribution in [-0.4, -0.2) is 28.9 Å². The molecule has 1 aromatic heterocycles. The molecule has 1 saturated heterocycles. The maximum absolute atomic E-state index is 12.6. The monoisotopic (exact) mass is 443 g/mol. The Morgan fingerprint density at radius 1 is 1.06 bits per heavy atom. The van der Waals surface area contributed by atoms with Crippen LogP contribution in [0.1, 0.15) is 46.3 Å². The van der Waals surface area contributed by atoms with Crippen molar-refractivity contribution < 1.29 is 4.79 Å². The van der Waals surface area contributed by atoms with Crippen LogP contribution in [0.2, 0.25) is 0 Å². The van der Waals surface area contributed by atoms with Crippen molar-refractivity contribution in [1.82, 2.24) is 15.2 Å². The summed E-state index contributed by atoms with van der Waals surface area (Å²) in [5.41, 5.74) is 5.04. The number of aromatic nitrogens is 1. The van der Waals surface area contributed by atoms with Crippen LogP contribution in [0.4, 0.5) is 0 Å². The number of hydrogen-bond acceptors (Lipinski definition) is 4. The Kier molecular flexibility index (Phi) is 7.28. The summed E-state index contributed by atoms with van der Waals surface area (Å²) >= 11 is 1.74. The molecule has 1 aliphatic rings. The molecule has 32 heavy (non-hydrogen) atoms. The maximum atomic E-state index is 12.6. The highest BCUT2D eigenvalue weighted by molar-refractivity contribution is 7.99. The lowest BCUT2D eigenvalue weighted by molar-refractivity contribution is 0.0950. The van der Waals surface area contributed by atoms with Crippen molar-refractivity contribution in [2.24, 2.45) is 0 Å². The summed E-state index contributed by atoms with van der Waals surface area (Å²) in [4.78, 5) is 21.4. The minimum atomic E-state index is -0.0765. The Labute approximate surface area is 194 Å². The average molecular weight is 444 g/mol. The fourth-order valence-corrected chi connectivity index (χ4v) is 4.97. The maximum Gasteiger partial charge on any atom is 0.251 e. The molecule has 0 spiro atoms. The normalized spacial score (nSPS) is 13.6. The predicted octanol–water partition coefficient (Wildman–Crippen LogP) is 5.93. The lowest BCUT2D eigenvalue weighted by atomic mass is 10.1. The first-order valence-corrected chi connectivity index (χ1v) is 11.9. The summed E-state index contributed by atoms with van der Waals surface area (Å²) in [7, 11) is 0. The molecule has 1 aliphatic heterocycles. The third-order valence-corrected chi connectivity index (χ3v) is 7.02. The number of pyridine rings is 1. The first kappa shape index (κ1) is 22.2. The Morgan fingerprint density at radius 2 is 1.88 bits per heavy atom. The van der Waals surface area contributed by atoms with E-state index < -0.39 is 0 Å². The van der Waals surface area contributed by atoms with Crippen molar-refractivity contribution in [2.45, 2.75) is 42.5 Å². The van der Waals surface area contributed by atoms with E-state index in [0.29, 0.717) is 12.1 Å². The van der Waals surface area contributed by atoms with Crippen molar-refractivity contribution in [2.75, 3.05) is 13.1 Å². The van der Waals surface area contributed by atoms with E-state index in [1.54, 1.807) is 24.2 Å². The van der Waals surface area contributed by atoms with E-state index in [1.807, 2.05) is 30.3 Å². The molecular weight excluding hydrogens is 414 g/mol. The number of rotatable bonds is 7. The molecule has 2 heterocycles. The van der Waals surface area contributed by atoms with Gasteiger partial charge in [-0.2, -0.15) is 0 Å². The average Bonchev–Trinajstić information content (AvgIpc) is 2.85. The summed E-state index contributed by atoms with van der Waals surface area (Å²) < 4.78 is 0. The lowest BCUT2D eigenvalue weighted by Crippen LogP contribution is -2.27. The fraction of sp³-hybridized carbons (Fsp3) is 0.259. The molecule has 4 rings (SSSR count). The smallest absolute Gasteiger partial charge is 0.251 e. The van der Waals surface area contributed by atoms with Gasteiger partial charge < -0.3 is 10.2 Å². The number of carbonyl (C=O) groups is 1. The lowest BCUT2D eigenvalue weighted by Gasteiger charge is -2.31. The Bertz CT molecular complexity index is 1090. The van der Waals surface area contributed by atoms with Crippen LogP contribution in [0.25, 0.3) is 5.70 Å². The first-order valence-electron chi connectivity index (χ1n) is 11.1. The van der Waals surface area contributed by atoms with E-state index in [0.717, 1.165) is 34.8 Å². The molecule has 0 radical (unpaired) electrons. The number of amides is 1. The minimum Gasteiger partial charge on any atom is -0.371 e. The zero-order valence-electron chi connectivity index (χ0n) is 18.5. The third kappa shape index (κ3) is 5.40. The minimum absolute atomic E-state index is 0.0765. The van der Waals surface area contributed by atoms with E-state index in [9.17, 15) is 4.79 Å². The highest BCUT2D eigenvalue weighted by atomic mass is 32.2. The van der Waals surface area contributed by atoms with Gasteiger partial charge in [-0.15, -0.1) is 0 Å². The van der Waals surface area contributed by atoms with Gasteiger partial charge in [-0.3, -0.25) is 9.78 Å². The van der Waals surface area contributed by atoms with Gasteiger partial charge in [0, 0.05) is 58.6 Å². The highest BCUT2D eigenvalue weighted by Crippen LogP contribution is 2.36. The Hall–Kier alpha value is -3.05. The van der Waals surface area contributed by atoms with Crippen LogP contribution < -0.4 is 5.32 Å². The molecular formula is C27H29N3OS. The van der Waals surface area contributed by atoms with Gasteiger partial charge >= 0.3 is 0 Å². The molecule has 1 fully saturated rings. The number of aryl methyl sites for hydroxylation is 1. The van der Waals surface area contributed by atoms with Crippen LogP contribution in [-0.2, 0) is 6.54 Å². The molecule has 2 aromatic carbocycles. The molecule has 1 N–H and O–H groups in total. The molecule has 0 bridgehead atoms. The Balaban J connectivity index is 1.46. The molecule has 0 aliphatic carbocycles. The van der Waals surface area contributed by atoms with Gasteiger partial charge in [-0.25, -0.2) is 0 Å². The predicted molar refractivity (Wildman–Crippen MR) is 132 cm³/mol. The van der Waals surface area contributed by atoms with Crippen LogP contribution in [0.5, 0.6) is 0 Å². The first-order chi connectivity index (χ1) is 15.6.